The standard InChI is InChI=1S/C21H23N3O3S2/c1-3-4-7-14-8-5-6-9-16(14)22-12-15-10-11-17(28-15)19(25)24-21-23-13-18(29-21)20(26)27-2/h5-6,8-11,13,22H,3-4,7,12H2,1-2H3,(H,23,24,25). The van der Waals surface area contributed by atoms with Gasteiger partial charge in [-0.3, -0.25) is 10.1 Å². The highest BCUT2D eigenvalue weighted by atomic mass is 32.1. The van der Waals surface area contributed by atoms with Gasteiger partial charge in [0.05, 0.1) is 18.2 Å². The second-order valence-corrected chi connectivity index (χ2v) is 8.55. The van der Waals surface area contributed by atoms with Crippen LogP contribution in [-0.2, 0) is 17.7 Å². The quantitative estimate of drug-likeness (QED) is 0.457. The van der Waals surface area contributed by atoms with Gasteiger partial charge in [0.25, 0.3) is 5.91 Å². The Balaban J connectivity index is 1.59. The molecule has 1 aromatic carbocycles. The van der Waals surface area contributed by atoms with Crippen molar-refractivity contribution in [3.63, 3.8) is 0 Å². The number of unbranched alkanes of at least 4 members (excludes halogenated alkanes) is 1. The minimum atomic E-state index is -0.466. The zero-order chi connectivity index (χ0) is 20.6. The normalized spacial score (nSPS) is 10.6. The number of carbonyl (C=O) groups is 2. The van der Waals surface area contributed by atoms with Gasteiger partial charge in [0.2, 0.25) is 0 Å². The molecule has 0 aliphatic carbocycles. The Morgan fingerprint density at radius 2 is 1.93 bits per heavy atom. The first-order chi connectivity index (χ1) is 14.1. The molecule has 0 atom stereocenters. The smallest absolute Gasteiger partial charge is 0.349 e. The molecule has 8 heteroatoms. The van der Waals surface area contributed by atoms with Crippen LogP contribution in [-0.4, -0.2) is 24.0 Å². The van der Waals surface area contributed by atoms with Crippen LogP contribution in [0, 0.1) is 0 Å². The van der Waals surface area contributed by atoms with E-state index in [1.54, 1.807) is 6.07 Å². The van der Waals surface area contributed by atoms with Crippen LogP contribution in [0.3, 0.4) is 0 Å². The van der Waals surface area contributed by atoms with Gasteiger partial charge < -0.3 is 10.1 Å². The summed E-state index contributed by atoms with van der Waals surface area (Å²) in [6, 6.07) is 12.1. The Labute approximate surface area is 178 Å². The first-order valence-electron chi connectivity index (χ1n) is 9.36. The highest BCUT2D eigenvalue weighted by Crippen LogP contribution is 2.24. The van der Waals surface area contributed by atoms with Gasteiger partial charge >= 0.3 is 5.97 Å². The van der Waals surface area contributed by atoms with E-state index in [0.29, 0.717) is 21.4 Å². The van der Waals surface area contributed by atoms with Crippen LogP contribution in [0.1, 0.15) is 49.5 Å². The van der Waals surface area contributed by atoms with E-state index in [9.17, 15) is 9.59 Å². The topological polar surface area (TPSA) is 80.3 Å². The fraction of sp³-hybridized carbons (Fsp3) is 0.286. The first-order valence-corrected chi connectivity index (χ1v) is 11.0. The van der Waals surface area contributed by atoms with Gasteiger partial charge in [0.15, 0.2) is 5.13 Å². The average Bonchev–Trinajstić information content (AvgIpc) is 3.40. The first kappa shape index (κ1) is 21.0. The molecule has 2 heterocycles. The predicted molar refractivity (Wildman–Crippen MR) is 118 cm³/mol. The van der Waals surface area contributed by atoms with Crippen molar-refractivity contribution in [3.05, 3.63) is 62.8 Å². The summed E-state index contributed by atoms with van der Waals surface area (Å²) < 4.78 is 4.65. The van der Waals surface area contributed by atoms with Crippen molar-refractivity contribution in [2.75, 3.05) is 17.7 Å². The van der Waals surface area contributed by atoms with Gasteiger partial charge in [-0.1, -0.05) is 42.9 Å². The summed E-state index contributed by atoms with van der Waals surface area (Å²) in [6.45, 7) is 2.85. The number of benzene rings is 1. The SMILES string of the molecule is CCCCc1ccccc1NCc1ccc(C(=O)Nc2ncc(C(=O)OC)s2)s1. The maximum Gasteiger partial charge on any atom is 0.349 e. The van der Waals surface area contributed by atoms with Crippen molar-refractivity contribution in [2.24, 2.45) is 0 Å². The molecule has 2 N–H and O–H groups in total. The largest absolute Gasteiger partial charge is 0.465 e. The minimum Gasteiger partial charge on any atom is -0.465 e. The van der Waals surface area contributed by atoms with Crippen LogP contribution in [0.4, 0.5) is 10.8 Å². The molecule has 0 saturated carbocycles. The number of para-hydroxylation sites is 1. The number of thiazole rings is 1. The van der Waals surface area contributed by atoms with E-state index in [0.717, 1.165) is 41.2 Å². The molecule has 1 amide bonds. The van der Waals surface area contributed by atoms with Crippen molar-refractivity contribution < 1.29 is 14.3 Å². The number of anilines is 2. The molecule has 29 heavy (non-hydrogen) atoms. The lowest BCUT2D eigenvalue weighted by atomic mass is 10.1. The van der Waals surface area contributed by atoms with Crippen LogP contribution in [0.2, 0.25) is 0 Å². The van der Waals surface area contributed by atoms with E-state index in [1.807, 2.05) is 12.1 Å². The summed E-state index contributed by atoms with van der Waals surface area (Å²) in [5.74, 6) is -0.706. The Morgan fingerprint density at radius 1 is 1.10 bits per heavy atom. The van der Waals surface area contributed by atoms with Gasteiger partial charge in [-0.05, 0) is 36.6 Å². The Kier molecular flexibility index (Phi) is 7.37. The maximum absolute atomic E-state index is 12.5. The van der Waals surface area contributed by atoms with E-state index >= 15 is 0 Å². The molecule has 152 valence electrons. The lowest BCUT2D eigenvalue weighted by Gasteiger charge is -2.11. The fourth-order valence-corrected chi connectivity index (χ4v) is 4.31. The number of ether oxygens (including phenoxy) is 1. The van der Waals surface area contributed by atoms with E-state index < -0.39 is 5.97 Å². The maximum atomic E-state index is 12.5. The summed E-state index contributed by atoms with van der Waals surface area (Å²) in [7, 11) is 1.31. The molecule has 0 aliphatic rings. The average molecular weight is 430 g/mol. The number of rotatable bonds is 9. The van der Waals surface area contributed by atoms with Gasteiger partial charge in [-0.25, -0.2) is 9.78 Å². The highest BCUT2D eigenvalue weighted by molar-refractivity contribution is 7.18. The van der Waals surface area contributed by atoms with Gasteiger partial charge in [0, 0.05) is 17.1 Å². The molecular weight excluding hydrogens is 406 g/mol. The number of thiophene rings is 1. The van der Waals surface area contributed by atoms with Gasteiger partial charge in [0.1, 0.15) is 4.88 Å². The number of amides is 1. The fourth-order valence-electron chi connectivity index (χ4n) is 2.74. The number of nitrogens with zero attached hydrogens (tertiary/aromatic N) is 1. The molecule has 3 rings (SSSR count). The number of carbonyl (C=O) groups excluding carboxylic acids is 2. The predicted octanol–water partition coefficient (Wildman–Crippen LogP) is 5.20. The summed E-state index contributed by atoms with van der Waals surface area (Å²) in [6.07, 6.45) is 4.78. The van der Waals surface area contributed by atoms with Crippen LogP contribution >= 0.6 is 22.7 Å². The highest BCUT2D eigenvalue weighted by Gasteiger charge is 2.15. The minimum absolute atomic E-state index is 0.240. The Hall–Kier alpha value is -2.71. The monoisotopic (exact) mass is 429 g/mol. The van der Waals surface area contributed by atoms with Crippen LogP contribution in [0.15, 0.2) is 42.6 Å². The molecule has 3 aromatic rings. The molecule has 2 aromatic heterocycles. The number of esters is 1. The molecular formula is C21H23N3O3S2. The van der Waals surface area contributed by atoms with Crippen LogP contribution in [0.5, 0.6) is 0 Å². The van der Waals surface area contributed by atoms with Gasteiger partial charge in [-0.2, -0.15) is 0 Å². The van der Waals surface area contributed by atoms with Gasteiger partial charge in [-0.15, -0.1) is 11.3 Å². The Morgan fingerprint density at radius 3 is 2.72 bits per heavy atom. The zero-order valence-corrected chi connectivity index (χ0v) is 18.0. The second-order valence-electron chi connectivity index (χ2n) is 6.36. The lowest BCUT2D eigenvalue weighted by Crippen LogP contribution is -2.09. The number of hydrogen-bond donors (Lipinski definition) is 2. The number of nitrogens with one attached hydrogen (secondary N) is 2. The number of aryl methyl sites for hydroxylation is 1. The molecule has 0 saturated heterocycles. The van der Waals surface area contributed by atoms with Crippen molar-refractivity contribution in [2.45, 2.75) is 32.7 Å². The summed E-state index contributed by atoms with van der Waals surface area (Å²) in [4.78, 5) is 30.0. The number of aromatic nitrogens is 1. The lowest BCUT2D eigenvalue weighted by molar-refractivity contribution is 0.0606. The van der Waals surface area contributed by atoms with E-state index in [4.69, 9.17) is 0 Å². The molecule has 0 unspecified atom stereocenters. The number of hydrogen-bond acceptors (Lipinski definition) is 7. The third-order valence-electron chi connectivity index (χ3n) is 4.27. The van der Waals surface area contributed by atoms with Crippen LogP contribution in [0.25, 0.3) is 0 Å². The summed E-state index contributed by atoms with van der Waals surface area (Å²) >= 11 is 2.52. The van der Waals surface area contributed by atoms with E-state index in [2.05, 4.69) is 45.5 Å². The van der Waals surface area contributed by atoms with Crippen LogP contribution < -0.4 is 10.6 Å². The van der Waals surface area contributed by atoms with Crippen molar-refractivity contribution in [1.82, 2.24) is 4.98 Å². The molecule has 0 aliphatic heterocycles. The molecule has 0 bridgehead atoms. The second kappa shape index (κ2) is 10.2. The van der Waals surface area contributed by atoms with Crippen molar-refractivity contribution in [1.29, 1.82) is 0 Å². The van der Waals surface area contributed by atoms with Crippen molar-refractivity contribution >= 4 is 45.4 Å². The zero-order valence-electron chi connectivity index (χ0n) is 16.4. The summed E-state index contributed by atoms with van der Waals surface area (Å²) in [5, 5.41) is 6.58. The summed E-state index contributed by atoms with van der Waals surface area (Å²) in [5.41, 5.74) is 2.45. The Bertz CT molecular complexity index is 981. The molecule has 0 radical (unpaired) electrons. The van der Waals surface area contributed by atoms with Crippen molar-refractivity contribution in [3.8, 4) is 0 Å². The third kappa shape index (κ3) is 5.65. The molecule has 6 nitrogen and oxygen atoms in total. The molecule has 0 spiro atoms. The molecule has 0 fully saturated rings. The number of methoxy groups -OCH3 is 1. The third-order valence-corrected chi connectivity index (χ3v) is 6.25. The van der Waals surface area contributed by atoms with E-state index in [1.165, 1.54) is 30.2 Å². The van der Waals surface area contributed by atoms with E-state index in [-0.39, 0.29) is 5.91 Å².